The molecule has 2 nitrogen and oxygen atoms in total. The maximum absolute atomic E-state index is 9.47. The highest BCUT2D eigenvalue weighted by molar-refractivity contribution is 5.77. The number of aromatic hydroxyl groups is 1. The Morgan fingerprint density at radius 3 is 1.82 bits per heavy atom. The summed E-state index contributed by atoms with van der Waals surface area (Å²) in [5.41, 5.74) is 7.11. The molecule has 0 radical (unpaired) electrons. The highest BCUT2D eigenvalue weighted by Gasteiger charge is 2.11. The Morgan fingerprint density at radius 2 is 1.32 bits per heavy atom. The minimum atomic E-state index is 0.282. The highest BCUT2D eigenvalue weighted by Crippen LogP contribution is 2.32. The Kier molecular flexibility index (Phi) is 3.92. The molecule has 0 spiro atoms. The number of phenols is 1. The van der Waals surface area contributed by atoms with Crippen molar-refractivity contribution in [3.05, 3.63) is 72.1 Å². The van der Waals surface area contributed by atoms with Crippen LogP contribution >= 0.6 is 0 Å². The van der Waals surface area contributed by atoms with Gasteiger partial charge in [0, 0.05) is 23.5 Å². The number of phenolic OH excluding ortho intramolecular Hbond substituents is 1. The van der Waals surface area contributed by atoms with E-state index in [1.54, 1.807) is 12.1 Å². The van der Waals surface area contributed by atoms with E-state index in [0.29, 0.717) is 0 Å². The summed E-state index contributed by atoms with van der Waals surface area (Å²) < 4.78 is 0. The second kappa shape index (κ2) is 6.02. The fourth-order valence-electron chi connectivity index (χ4n) is 2.74. The molecule has 0 atom stereocenters. The Labute approximate surface area is 131 Å². The van der Waals surface area contributed by atoms with Crippen LogP contribution in [-0.4, -0.2) is 10.1 Å². The molecule has 0 unspecified atom stereocenters. The monoisotopic (exact) mass is 289 g/mol. The van der Waals surface area contributed by atoms with E-state index in [0.717, 1.165) is 17.5 Å². The summed E-state index contributed by atoms with van der Waals surface area (Å²) in [7, 11) is 0. The molecule has 3 rings (SSSR count). The third-order valence-electron chi connectivity index (χ3n) is 3.95. The van der Waals surface area contributed by atoms with Crippen LogP contribution in [0.1, 0.15) is 18.1 Å². The van der Waals surface area contributed by atoms with Gasteiger partial charge in [0.25, 0.3) is 0 Å². The maximum atomic E-state index is 9.47. The fraction of sp³-hybridized carbons (Fsp3) is 0.150. The van der Waals surface area contributed by atoms with Crippen molar-refractivity contribution in [3.63, 3.8) is 0 Å². The van der Waals surface area contributed by atoms with Crippen LogP contribution in [0.4, 0.5) is 0 Å². The minimum Gasteiger partial charge on any atom is -0.508 e. The lowest BCUT2D eigenvalue weighted by Gasteiger charge is -2.14. The van der Waals surface area contributed by atoms with Gasteiger partial charge in [-0.05, 0) is 42.2 Å². The molecule has 2 heteroatoms. The first-order chi connectivity index (χ1) is 10.7. The van der Waals surface area contributed by atoms with Gasteiger partial charge in [-0.2, -0.15) is 0 Å². The second-order valence-corrected chi connectivity index (χ2v) is 5.48. The third kappa shape index (κ3) is 2.73. The number of benzene rings is 2. The molecule has 0 bridgehead atoms. The summed E-state index contributed by atoms with van der Waals surface area (Å²) in [6.45, 7) is 4.26. The molecule has 22 heavy (non-hydrogen) atoms. The number of hydrogen-bond donors (Lipinski definition) is 1. The molecule has 1 heterocycles. The zero-order chi connectivity index (χ0) is 15.5. The van der Waals surface area contributed by atoms with Gasteiger partial charge in [0.05, 0.1) is 0 Å². The van der Waals surface area contributed by atoms with Crippen LogP contribution in [0.25, 0.3) is 22.3 Å². The molecular formula is C20H19NO. The number of hydrogen-bond acceptors (Lipinski definition) is 2. The summed E-state index contributed by atoms with van der Waals surface area (Å²) in [4.78, 5) is 4.43. The van der Waals surface area contributed by atoms with Crippen molar-refractivity contribution in [2.45, 2.75) is 20.3 Å². The predicted molar refractivity (Wildman–Crippen MR) is 90.9 cm³/mol. The van der Waals surface area contributed by atoms with E-state index < -0.39 is 0 Å². The van der Waals surface area contributed by atoms with Gasteiger partial charge in [-0.1, -0.05) is 48.9 Å². The second-order valence-electron chi connectivity index (χ2n) is 5.48. The molecule has 0 aliphatic carbocycles. The molecule has 0 fully saturated rings. The summed E-state index contributed by atoms with van der Waals surface area (Å²) in [5, 5.41) is 9.47. The number of pyridine rings is 1. The number of aromatic nitrogens is 1. The molecule has 0 saturated heterocycles. The standard InChI is InChI=1S/C20H19NO/c1-3-18-19(15-6-4-14(2)5-7-15)12-21-13-20(18)16-8-10-17(22)11-9-16/h4-13,22H,3H2,1-2H3. The van der Waals surface area contributed by atoms with Crippen molar-refractivity contribution in [1.29, 1.82) is 0 Å². The average Bonchev–Trinajstić information content (AvgIpc) is 2.55. The summed E-state index contributed by atoms with van der Waals surface area (Å²) >= 11 is 0. The molecular weight excluding hydrogens is 270 g/mol. The van der Waals surface area contributed by atoms with E-state index >= 15 is 0 Å². The zero-order valence-electron chi connectivity index (χ0n) is 12.9. The van der Waals surface area contributed by atoms with Crippen LogP contribution in [0.2, 0.25) is 0 Å². The molecule has 0 aliphatic rings. The van der Waals surface area contributed by atoms with Gasteiger partial charge in [-0.3, -0.25) is 4.98 Å². The van der Waals surface area contributed by atoms with E-state index in [9.17, 15) is 5.11 Å². The van der Waals surface area contributed by atoms with E-state index in [1.165, 1.54) is 22.3 Å². The van der Waals surface area contributed by atoms with Gasteiger partial charge in [-0.15, -0.1) is 0 Å². The largest absolute Gasteiger partial charge is 0.508 e. The SMILES string of the molecule is CCc1c(-c2ccc(C)cc2)cncc1-c1ccc(O)cc1. The normalized spacial score (nSPS) is 10.6. The average molecular weight is 289 g/mol. The first kappa shape index (κ1) is 14.3. The van der Waals surface area contributed by atoms with Crippen LogP contribution in [0, 0.1) is 6.92 Å². The van der Waals surface area contributed by atoms with Crippen molar-refractivity contribution < 1.29 is 5.11 Å². The van der Waals surface area contributed by atoms with Crippen molar-refractivity contribution in [3.8, 4) is 28.0 Å². The molecule has 0 amide bonds. The topological polar surface area (TPSA) is 33.1 Å². The van der Waals surface area contributed by atoms with Crippen LogP contribution in [0.3, 0.4) is 0 Å². The van der Waals surface area contributed by atoms with E-state index in [1.807, 2.05) is 24.5 Å². The van der Waals surface area contributed by atoms with E-state index in [2.05, 4.69) is 43.1 Å². The minimum absolute atomic E-state index is 0.282. The van der Waals surface area contributed by atoms with Crippen LogP contribution in [0.5, 0.6) is 5.75 Å². The quantitative estimate of drug-likeness (QED) is 0.736. The van der Waals surface area contributed by atoms with Gasteiger partial charge < -0.3 is 5.11 Å². The van der Waals surface area contributed by atoms with Gasteiger partial charge in [-0.25, -0.2) is 0 Å². The summed E-state index contributed by atoms with van der Waals surface area (Å²) in [6, 6.07) is 15.8. The number of nitrogens with zero attached hydrogens (tertiary/aromatic N) is 1. The van der Waals surface area contributed by atoms with Crippen LogP contribution in [0.15, 0.2) is 60.9 Å². The van der Waals surface area contributed by atoms with Crippen molar-refractivity contribution >= 4 is 0 Å². The van der Waals surface area contributed by atoms with Crippen molar-refractivity contribution in [2.24, 2.45) is 0 Å². The predicted octanol–water partition coefficient (Wildman–Crippen LogP) is 4.99. The highest BCUT2D eigenvalue weighted by atomic mass is 16.3. The lowest BCUT2D eigenvalue weighted by Crippen LogP contribution is -1.94. The van der Waals surface area contributed by atoms with Gasteiger partial charge in [0.15, 0.2) is 0 Å². The maximum Gasteiger partial charge on any atom is 0.115 e. The Hall–Kier alpha value is -2.61. The smallest absolute Gasteiger partial charge is 0.115 e. The summed E-state index contributed by atoms with van der Waals surface area (Å²) in [5.74, 6) is 0.282. The first-order valence-corrected chi connectivity index (χ1v) is 7.52. The Bertz CT molecular complexity index is 710. The lowest BCUT2D eigenvalue weighted by atomic mass is 9.92. The van der Waals surface area contributed by atoms with E-state index in [-0.39, 0.29) is 5.75 Å². The molecule has 3 aromatic rings. The molecule has 110 valence electrons. The number of aryl methyl sites for hydroxylation is 1. The van der Waals surface area contributed by atoms with E-state index in [4.69, 9.17) is 0 Å². The van der Waals surface area contributed by atoms with Crippen molar-refractivity contribution in [2.75, 3.05) is 0 Å². The fourth-order valence-corrected chi connectivity index (χ4v) is 2.74. The Morgan fingerprint density at radius 1 is 0.818 bits per heavy atom. The molecule has 0 aliphatic heterocycles. The zero-order valence-corrected chi connectivity index (χ0v) is 12.9. The lowest BCUT2D eigenvalue weighted by molar-refractivity contribution is 0.475. The van der Waals surface area contributed by atoms with Crippen molar-refractivity contribution in [1.82, 2.24) is 4.98 Å². The van der Waals surface area contributed by atoms with Gasteiger partial charge >= 0.3 is 0 Å². The molecule has 0 saturated carbocycles. The van der Waals surface area contributed by atoms with Gasteiger partial charge in [0.2, 0.25) is 0 Å². The number of rotatable bonds is 3. The third-order valence-corrected chi connectivity index (χ3v) is 3.95. The molecule has 1 N–H and O–H groups in total. The Balaban J connectivity index is 2.15. The van der Waals surface area contributed by atoms with Crippen LogP contribution < -0.4 is 0 Å². The first-order valence-electron chi connectivity index (χ1n) is 7.52. The molecule has 1 aromatic heterocycles. The van der Waals surface area contributed by atoms with Gasteiger partial charge in [0.1, 0.15) is 5.75 Å². The summed E-state index contributed by atoms with van der Waals surface area (Å²) in [6.07, 6.45) is 4.78. The van der Waals surface area contributed by atoms with Crippen LogP contribution in [-0.2, 0) is 6.42 Å². The molecule has 2 aromatic carbocycles.